The van der Waals surface area contributed by atoms with Crippen LogP contribution in [0.25, 0.3) is 0 Å². The van der Waals surface area contributed by atoms with Crippen LogP contribution >= 0.6 is 11.6 Å². The van der Waals surface area contributed by atoms with Gasteiger partial charge in [-0.1, -0.05) is 25.4 Å². The van der Waals surface area contributed by atoms with Crippen molar-refractivity contribution in [3.05, 3.63) is 27.4 Å². The summed E-state index contributed by atoms with van der Waals surface area (Å²) in [4.78, 5) is 16.6. The van der Waals surface area contributed by atoms with Gasteiger partial charge in [0.05, 0.1) is 9.95 Å². The highest BCUT2D eigenvalue weighted by Gasteiger charge is 2.26. The van der Waals surface area contributed by atoms with Crippen LogP contribution in [0.3, 0.4) is 0 Å². The predicted molar refractivity (Wildman–Crippen MR) is 76.6 cm³/mol. The van der Waals surface area contributed by atoms with E-state index in [0.29, 0.717) is 25.5 Å². The fourth-order valence-electron chi connectivity index (χ4n) is 1.72. The average Bonchev–Trinajstić information content (AvgIpc) is 2.36. The maximum atomic E-state index is 11.1. The van der Waals surface area contributed by atoms with Crippen LogP contribution in [0.15, 0.2) is 12.3 Å². The zero-order valence-electron chi connectivity index (χ0n) is 11.4. The van der Waals surface area contributed by atoms with Gasteiger partial charge in [0.25, 0.3) is 0 Å². The molecule has 1 aromatic rings. The van der Waals surface area contributed by atoms with Crippen molar-refractivity contribution in [1.29, 1.82) is 0 Å². The van der Waals surface area contributed by atoms with Crippen molar-refractivity contribution in [2.75, 3.05) is 24.5 Å². The van der Waals surface area contributed by atoms with Gasteiger partial charge in [0.2, 0.25) is 5.82 Å². The smallest absolute Gasteiger partial charge is 0.313 e. The monoisotopic (exact) mass is 286 g/mol. The van der Waals surface area contributed by atoms with Crippen molar-refractivity contribution in [3.63, 3.8) is 0 Å². The molecule has 0 unspecified atom stereocenters. The lowest BCUT2D eigenvalue weighted by molar-refractivity contribution is -0.384. The van der Waals surface area contributed by atoms with Gasteiger partial charge in [0, 0.05) is 25.4 Å². The Balaban J connectivity index is 3.15. The molecule has 0 spiro atoms. The van der Waals surface area contributed by atoms with Gasteiger partial charge < -0.3 is 10.6 Å². The summed E-state index contributed by atoms with van der Waals surface area (Å²) in [5.41, 5.74) is 5.48. The molecule has 0 atom stereocenters. The topological polar surface area (TPSA) is 85.3 Å². The van der Waals surface area contributed by atoms with E-state index in [-0.39, 0.29) is 16.1 Å². The first-order chi connectivity index (χ1) is 8.80. The molecule has 0 bridgehead atoms. The number of aromatic nitrogens is 1. The van der Waals surface area contributed by atoms with Gasteiger partial charge in [0.1, 0.15) is 0 Å². The molecule has 0 fully saturated rings. The molecule has 1 heterocycles. The Morgan fingerprint density at radius 1 is 1.58 bits per heavy atom. The molecule has 0 aliphatic rings. The number of nitro groups is 1. The number of halogens is 1. The normalized spacial score (nSPS) is 11.4. The molecule has 0 saturated carbocycles. The quantitative estimate of drug-likeness (QED) is 0.641. The number of pyridine rings is 1. The molecule has 0 aliphatic heterocycles. The maximum Gasteiger partial charge on any atom is 0.313 e. The SMILES string of the molecule is CCN(CC(C)(C)CN)c1ncc(Cl)cc1[N+](=O)[O-]. The Labute approximate surface area is 117 Å². The fraction of sp³-hybridized carbons (Fsp3) is 0.583. The standard InChI is InChI=1S/C12H19ClN4O2/c1-4-16(8-12(2,3)7-14)11-10(17(18)19)5-9(13)6-15-11/h5-6H,4,7-8,14H2,1-3H3. The van der Waals surface area contributed by atoms with Crippen molar-refractivity contribution in [3.8, 4) is 0 Å². The summed E-state index contributed by atoms with van der Waals surface area (Å²) in [6, 6.07) is 1.32. The number of nitrogens with two attached hydrogens (primary N) is 1. The van der Waals surface area contributed by atoms with E-state index < -0.39 is 4.92 Å². The zero-order valence-corrected chi connectivity index (χ0v) is 12.1. The lowest BCUT2D eigenvalue weighted by atomic mass is 9.93. The fourth-order valence-corrected chi connectivity index (χ4v) is 1.87. The van der Waals surface area contributed by atoms with Crippen LogP contribution in [0.1, 0.15) is 20.8 Å². The first-order valence-electron chi connectivity index (χ1n) is 6.05. The van der Waals surface area contributed by atoms with E-state index in [9.17, 15) is 10.1 Å². The van der Waals surface area contributed by atoms with Crippen LogP contribution in [0.4, 0.5) is 11.5 Å². The van der Waals surface area contributed by atoms with E-state index in [1.165, 1.54) is 12.3 Å². The molecule has 1 aromatic heterocycles. The third-order valence-corrected chi connectivity index (χ3v) is 3.07. The molecule has 0 saturated heterocycles. The van der Waals surface area contributed by atoms with Crippen LogP contribution in [0.5, 0.6) is 0 Å². The van der Waals surface area contributed by atoms with Crippen molar-refractivity contribution in [2.45, 2.75) is 20.8 Å². The van der Waals surface area contributed by atoms with Crippen LogP contribution in [0, 0.1) is 15.5 Å². The molecule has 106 valence electrons. The van der Waals surface area contributed by atoms with Gasteiger partial charge in [-0.3, -0.25) is 10.1 Å². The molecule has 0 aromatic carbocycles. The van der Waals surface area contributed by atoms with Crippen LogP contribution in [-0.2, 0) is 0 Å². The summed E-state index contributed by atoms with van der Waals surface area (Å²) in [6.07, 6.45) is 1.42. The Morgan fingerprint density at radius 2 is 2.21 bits per heavy atom. The lowest BCUT2D eigenvalue weighted by Crippen LogP contribution is -2.39. The van der Waals surface area contributed by atoms with Crippen molar-refractivity contribution in [1.82, 2.24) is 4.98 Å². The Morgan fingerprint density at radius 3 is 2.68 bits per heavy atom. The molecule has 19 heavy (non-hydrogen) atoms. The van der Waals surface area contributed by atoms with Gasteiger partial charge >= 0.3 is 5.69 Å². The molecular formula is C12H19ClN4O2. The second-order valence-electron chi connectivity index (χ2n) is 5.14. The summed E-state index contributed by atoms with van der Waals surface area (Å²) in [5, 5.41) is 11.3. The van der Waals surface area contributed by atoms with Gasteiger partial charge in [-0.25, -0.2) is 4.98 Å². The minimum absolute atomic E-state index is 0.0813. The number of nitrogens with zero attached hydrogens (tertiary/aromatic N) is 3. The van der Waals surface area contributed by atoms with Gasteiger partial charge in [-0.05, 0) is 18.9 Å². The Kier molecular flexibility index (Phi) is 5.08. The summed E-state index contributed by atoms with van der Waals surface area (Å²) >= 11 is 5.76. The minimum Gasteiger partial charge on any atom is -0.351 e. The van der Waals surface area contributed by atoms with Crippen molar-refractivity contribution >= 4 is 23.1 Å². The van der Waals surface area contributed by atoms with E-state index in [1.54, 1.807) is 0 Å². The van der Waals surface area contributed by atoms with E-state index in [4.69, 9.17) is 17.3 Å². The number of anilines is 1. The first-order valence-corrected chi connectivity index (χ1v) is 6.43. The number of rotatable bonds is 6. The molecule has 0 amide bonds. The molecule has 2 N–H and O–H groups in total. The lowest BCUT2D eigenvalue weighted by Gasteiger charge is -2.31. The van der Waals surface area contributed by atoms with E-state index >= 15 is 0 Å². The van der Waals surface area contributed by atoms with E-state index in [1.807, 2.05) is 25.7 Å². The minimum atomic E-state index is -0.466. The number of hydrogen-bond acceptors (Lipinski definition) is 5. The number of hydrogen-bond donors (Lipinski definition) is 1. The first kappa shape index (κ1) is 15.7. The largest absolute Gasteiger partial charge is 0.351 e. The molecule has 0 aliphatic carbocycles. The second-order valence-corrected chi connectivity index (χ2v) is 5.57. The third kappa shape index (κ3) is 4.04. The molecular weight excluding hydrogens is 268 g/mol. The maximum absolute atomic E-state index is 11.1. The van der Waals surface area contributed by atoms with E-state index in [2.05, 4.69) is 4.98 Å². The highest BCUT2D eigenvalue weighted by Crippen LogP contribution is 2.30. The summed E-state index contributed by atoms with van der Waals surface area (Å²) in [7, 11) is 0. The van der Waals surface area contributed by atoms with Crippen molar-refractivity contribution < 1.29 is 4.92 Å². The van der Waals surface area contributed by atoms with Gasteiger partial charge in [-0.15, -0.1) is 0 Å². The summed E-state index contributed by atoms with van der Waals surface area (Å²) in [5.74, 6) is 0.332. The molecule has 7 heteroatoms. The van der Waals surface area contributed by atoms with Gasteiger partial charge in [-0.2, -0.15) is 0 Å². The molecule has 6 nitrogen and oxygen atoms in total. The predicted octanol–water partition coefficient (Wildman–Crippen LogP) is 2.45. The highest BCUT2D eigenvalue weighted by molar-refractivity contribution is 6.30. The zero-order chi connectivity index (χ0) is 14.6. The van der Waals surface area contributed by atoms with Crippen LogP contribution in [0.2, 0.25) is 5.02 Å². The Hall–Kier alpha value is -1.40. The van der Waals surface area contributed by atoms with Gasteiger partial charge in [0.15, 0.2) is 0 Å². The molecule has 0 radical (unpaired) electrons. The molecule has 1 rings (SSSR count). The summed E-state index contributed by atoms with van der Waals surface area (Å²) in [6.45, 7) is 7.64. The average molecular weight is 287 g/mol. The highest BCUT2D eigenvalue weighted by atomic mass is 35.5. The summed E-state index contributed by atoms with van der Waals surface area (Å²) < 4.78 is 0. The third-order valence-electron chi connectivity index (χ3n) is 2.86. The van der Waals surface area contributed by atoms with Crippen LogP contribution in [-0.4, -0.2) is 29.5 Å². The Bertz CT molecular complexity index is 465. The van der Waals surface area contributed by atoms with Crippen LogP contribution < -0.4 is 10.6 Å². The van der Waals surface area contributed by atoms with E-state index in [0.717, 1.165) is 0 Å². The second kappa shape index (κ2) is 6.16. The van der Waals surface area contributed by atoms with Crippen molar-refractivity contribution in [2.24, 2.45) is 11.1 Å².